The third-order valence-corrected chi connectivity index (χ3v) is 6.19. The highest BCUT2D eigenvalue weighted by atomic mass is 32.2. The highest BCUT2D eigenvalue weighted by molar-refractivity contribution is 7.93. The van der Waals surface area contributed by atoms with E-state index in [1.165, 1.54) is 6.08 Å². The summed E-state index contributed by atoms with van der Waals surface area (Å²) in [6, 6.07) is 17.2. The average molecular weight is 440 g/mol. The molecule has 0 aliphatic rings. The van der Waals surface area contributed by atoms with Gasteiger partial charge in [-0.1, -0.05) is 25.1 Å². The summed E-state index contributed by atoms with van der Waals surface area (Å²) in [4.78, 5) is 1.59. The van der Waals surface area contributed by atoms with Crippen LogP contribution < -0.4 is 9.62 Å². The Balaban J connectivity index is 1.86. The fourth-order valence-corrected chi connectivity index (χ4v) is 3.99. The van der Waals surface area contributed by atoms with Crippen LogP contribution >= 0.6 is 0 Å². The molecule has 1 aromatic heterocycles. The molecule has 2 N–H and O–H groups in total. The van der Waals surface area contributed by atoms with Gasteiger partial charge in [-0.2, -0.15) is 5.26 Å². The summed E-state index contributed by atoms with van der Waals surface area (Å²) in [6.45, 7) is 1.58. The van der Waals surface area contributed by atoms with Crippen LogP contribution in [0.2, 0.25) is 0 Å². The first kappa shape index (κ1) is 22.6. The van der Waals surface area contributed by atoms with E-state index in [2.05, 4.69) is 10.8 Å². The molecule has 0 aliphatic heterocycles. The van der Waals surface area contributed by atoms with Gasteiger partial charge in [0.1, 0.15) is 17.6 Å². The lowest BCUT2D eigenvalue weighted by molar-refractivity contribution is 0.239. The van der Waals surface area contributed by atoms with E-state index >= 15 is 0 Å². The molecule has 2 aromatic carbocycles. The van der Waals surface area contributed by atoms with Gasteiger partial charge in [-0.05, 0) is 47.0 Å². The topological polar surface area (TPSA) is 107 Å². The van der Waals surface area contributed by atoms with Gasteiger partial charge >= 0.3 is 0 Å². The molecule has 3 rings (SSSR count). The summed E-state index contributed by atoms with van der Waals surface area (Å²) < 4.78 is 32.8. The largest absolute Gasteiger partial charge is 0.457 e. The van der Waals surface area contributed by atoms with Gasteiger partial charge in [-0.3, -0.25) is 0 Å². The second kappa shape index (κ2) is 9.35. The lowest BCUT2D eigenvalue weighted by atomic mass is 10.0. The van der Waals surface area contributed by atoms with Gasteiger partial charge in [0.2, 0.25) is 0 Å². The Hall–Kier alpha value is -3.12. The normalized spacial score (nSPS) is 13.2. The van der Waals surface area contributed by atoms with Crippen molar-refractivity contribution in [3.05, 3.63) is 59.2 Å². The number of hydrogen-bond acceptors (Lipinski definition) is 6. The summed E-state index contributed by atoms with van der Waals surface area (Å²) in [6.07, 6.45) is 1.19. The van der Waals surface area contributed by atoms with E-state index in [-0.39, 0.29) is 24.8 Å². The monoisotopic (exact) mass is 439 g/mol. The maximum Gasteiger partial charge on any atom is 0.250 e. The summed E-state index contributed by atoms with van der Waals surface area (Å²) in [5.74, 6) is 0.572. The molecule has 8 heteroatoms. The van der Waals surface area contributed by atoms with Crippen molar-refractivity contribution < 1.29 is 17.9 Å². The van der Waals surface area contributed by atoms with Crippen molar-refractivity contribution in [3.63, 3.8) is 0 Å². The first-order valence-corrected chi connectivity index (χ1v) is 11.3. The number of fused-ring (bicyclic) bond motifs is 1. The number of furan rings is 1. The van der Waals surface area contributed by atoms with E-state index in [1.807, 2.05) is 49.3 Å². The minimum absolute atomic E-state index is 0.0356. The Morgan fingerprint density at radius 1 is 1.19 bits per heavy atom. The van der Waals surface area contributed by atoms with Crippen molar-refractivity contribution in [3.8, 4) is 17.4 Å². The lowest BCUT2D eigenvalue weighted by Crippen LogP contribution is -2.30. The molecule has 1 heterocycles. The SMILES string of the molecule is CC(CO)CNS(=O)(=O)/C(C#N)=C/c1ccc(-c2ccc3cc(N(C)C)ccc3c2)o1. The van der Waals surface area contributed by atoms with Gasteiger partial charge in [-0.15, -0.1) is 0 Å². The predicted octanol–water partition coefficient (Wildman–Crippen LogP) is 3.58. The van der Waals surface area contributed by atoms with Crippen LogP contribution in [-0.4, -0.2) is 40.8 Å². The number of nitrogens with one attached hydrogen (secondary N) is 1. The molecule has 162 valence electrons. The quantitative estimate of drug-likeness (QED) is 0.520. The molecular weight excluding hydrogens is 414 g/mol. The number of nitrogens with zero attached hydrogens (tertiary/aromatic N) is 2. The molecule has 0 amide bonds. The highest BCUT2D eigenvalue weighted by Gasteiger charge is 2.19. The van der Waals surface area contributed by atoms with Crippen LogP contribution in [0.5, 0.6) is 0 Å². The third kappa shape index (κ3) is 5.33. The second-order valence-corrected chi connectivity index (χ2v) is 9.34. The van der Waals surface area contributed by atoms with E-state index in [9.17, 15) is 13.7 Å². The van der Waals surface area contributed by atoms with E-state index < -0.39 is 14.9 Å². The second-order valence-electron chi connectivity index (χ2n) is 7.60. The van der Waals surface area contributed by atoms with Crippen LogP contribution in [0.25, 0.3) is 28.2 Å². The van der Waals surface area contributed by atoms with E-state index in [4.69, 9.17) is 9.52 Å². The Bertz CT molecular complexity index is 1250. The minimum Gasteiger partial charge on any atom is -0.457 e. The number of hydrogen-bond donors (Lipinski definition) is 2. The number of anilines is 1. The van der Waals surface area contributed by atoms with Gasteiger partial charge in [0.15, 0.2) is 4.91 Å². The molecule has 0 saturated heterocycles. The molecule has 0 spiro atoms. The molecule has 0 radical (unpaired) electrons. The number of aliphatic hydroxyl groups is 1. The van der Waals surface area contributed by atoms with E-state index in [0.29, 0.717) is 5.76 Å². The van der Waals surface area contributed by atoms with Crippen LogP contribution in [0.15, 0.2) is 57.9 Å². The van der Waals surface area contributed by atoms with Crippen molar-refractivity contribution in [2.24, 2.45) is 5.92 Å². The number of nitriles is 1. The summed E-state index contributed by atoms with van der Waals surface area (Å²) in [5.41, 5.74) is 1.96. The zero-order chi connectivity index (χ0) is 22.6. The van der Waals surface area contributed by atoms with Crippen LogP contribution in [0, 0.1) is 17.2 Å². The summed E-state index contributed by atoms with van der Waals surface area (Å²) >= 11 is 0. The number of rotatable bonds is 8. The van der Waals surface area contributed by atoms with Crippen molar-refractivity contribution in [1.82, 2.24) is 4.72 Å². The first-order valence-electron chi connectivity index (χ1n) is 9.77. The van der Waals surface area contributed by atoms with Crippen molar-refractivity contribution in [1.29, 1.82) is 5.26 Å². The standard InChI is InChI=1S/C23H25N3O4S/c1-16(15-27)14-25-31(28,29)22(13-24)12-21-8-9-23(30-21)19-5-4-18-11-20(26(2)3)7-6-17(18)10-19/h4-12,16,25,27H,14-15H2,1-3H3/b22-12+. The summed E-state index contributed by atoms with van der Waals surface area (Å²) in [7, 11) is -0.0124. The van der Waals surface area contributed by atoms with Crippen molar-refractivity contribution >= 4 is 32.6 Å². The molecular formula is C23H25N3O4S. The molecule has 31 heavy (non-hydrogen) atoms. The molecule has 7 nitrogen and oxygen atoms in total. The van der Waals surface area contributed by atoms with Crippen LogP contribution in [0.3, 0.4) is 0 Å². The predicted molar refractivity (Wildman–Crippen MR) is 123 cm³/mol. The van der Waals surface area contributed by atoms with E-state index in [1.54, 1.807) is 25.1 Å². The molecule has 1 atom stereocenters. The molecule has 0 fully saturated rings. The summed E-state index contributed by atoms with van der Waals surface area (Å²) in [5, 5.41) is 20.5. The van der Waals surface area contributed by atoms with E-state index in [0.717, 1.165) is 22.0 Å². The van der Waals surface area contributed by atoms with Gasteiger partial charge in [0.05, 0.1) is 0 Å². The number of sulfonamides is 1. The van der Waals surface area contributed by atoms with Gasteiger partial charge < -0.3 is 14.4 Å². The smallest absolute Gasteiger partial charge is 0.250 e. The Labute approximate surface area is 182 Å². The fraction of sp³-hybridized carbons (Fsp3) is 0.261. The minimum atomic E-state index is -4.00. The maximum absolute atomic E-state index is 12.4. The zero-order valence-electron chi connectivity index (χ0n) is 17.7. The lowest BCUT2D eigenvalue weighted by Gasteiger charge is -2.13. The van der Waals surface area contributed by atoms with Crippen LogP contribution in [0.1, 0.15) is 12.7 Å². The number of allylic oxidation sites excluding steroid dienone is 1. The molecule has 0 bridgehead atoms. The Morgan fingerprint density at radius 2 is 1.90 bits per heavy atom. The van der Waals surface area contributed by atoms with Gasteiger partial charge in [0.25, 0.3) is 10.0 Å². The third-order valence-electron chi connectivity index (χ3n) is 4.86. The van der Waals surface area contributed by atoms with Crippen molar-refractivity contribution in [2.45, 2.75) is 6.92 Å². The molecule has 1 unspecified atom stereocenters. The maximum atomic E-state index is 12.4. The Morgan fingerprint density at radius 3 is 2.58 bits per heavy atom. The van der Waals surface area contributed by atoms with Gasteiger partial charge in [-0.25, -0.2) is 13.1 Å². The average Bonchev–Trinajstić information content (AvgIpc) is 3.23. The zero-order valence-corrected chi connectivity index (χ0v) is 18.5. The van der Waals surface area contributed by atoms with Gasteiger partial charge in [0, 0.05) is 44.6 Å². The number of aliphatic hydroxyl groups excluding tert-OH is 1. The van der Waals surface area contributed by atoms with Crippen LogP contribution in [-0.2, 0) is 10.0 Å². The molecule has 0 aliphatic carbocycles. The Kier molecular flexibility index (Phi) is 6.81. The fourth-order valence-electron chi connectivity index (χ4n) is 2.94. The van der Waals surface area contributed by atoms with Crippen molar-refractivity contribution in [2.75, 3.05) is 32.1 Å². The number of benzene rings is 2. The van der Waals surface area contributed by atoms with Crippen LogP contribution in [0.4, 0.5) is 5.69 Å². The first-order chi connectivity index (χ1) is 14.7. The highest BCUT2D eigenvalue weighted by Crippen LogP contribution is 2.29. The molecule has 0 saturated carbocycles. The molecule has 3 aromatic rings.